The first-order chi connectivity index (χ1) is 10.9. The van der Waals surface area contributed by atoms with Gasteiger partial charge in [0.25, 0.3) is 5.69 Å². The number of nitrogens with zero attached hydrogens (tertiary/aromatic N) is 1. The quantitative estimate of drug-likeness (QED) is 0.677. The van der Waals surface area contributed by atoms with Gasteiger partial charge in [-0.15, -0.1) is 0 Å². The maximum absolute atomic E-state index is 12.2. The topological polar surface area (TPSA) is 72.2 Å². The fourth-order valence-corrected chi connectivity index (χ4v) is 2.42. The van der Waals surface area contributed by atoms with Crippen molar-refractivity contribution in [3.63, 3.8) is 0 Å². The van der Waals surface area contributed by atoms with Gasteiger partial charge < -0.3 is 5.32 Å². The van der Waals surface area contributed by atoms with Crippen molar-refractivity contribution >= 4 is 11.6 Å². The van der Waals surface area contributed by atoms with E-state index in [1.54, 1.807) is 18.2 Å². The van der Waals surface area contributed by atoms with Crippen molar-refractivity contribution in [2.75, 3.05) is 0 Å². The number of nitrogens with one attached hydrogen (secondary N) is 1. The standard InChI is InChI=1S/C18H20N2O3/c1-12-8-9-15(10-13(12)2)14(3)19-18(21)11-16-6-4-5-7-17(16)20(22)23/h4-10,14H,11H2,1-3H3,(H,19,21)/t14-/m1/s1. The second-order valence-electron chi connectivity index (χ2n) is 5.70. The van der Waals surface area contributed by atoms with E-state index in [0.29, 0.717) is 5.56 Å². The molecule has 0 saturated carbocycles. The van der Waals surface area contributed by atoms with E-state index in [9.17, 15) is 14.9 Å². The average molecular weight is 312 g/mol. The fraction of sp³-hybridized carbons (Fsp3) is 0.278. The van der Waals surface area contributed by atoms with Gasteiger partial charge in [0.05, 0.1) is 17.4 Å². The molecule has 1 N–H and O–H groups in total. The normalized spacial score (nSPS) is 11.8. The minimum absolute atomic E-state index is 0.00760. The summed E-state index contributed by atoms with van der Waals surface area (Å²) in [5, 5.41) is 13.9. The van der Waals surface area contributed by atoms with Gasteiger partial charge in [0.2, 0.25) is 5.91 Å². The monoisotopic (exact) mass is 312 g/mol. The average Bonchev–Trinajstić information content (AvgIpc) is 2.50. The molecule has 0 unspecified atom stereocenters. The molecule has 0 heterocycles. The van der Waals surface area contributed by atoms with E-state index in [2.05, 4.69) is 5.32 Å². The van der Waals surface area contributed by atoms with Crippen LogP contribution in [0.1, 0.15) is 35.2 Å². The van der Waals surface area contributed by atoms with Gasteiger partial charge in [-0.2, -0.15) is 0 Å². The predicted molar refractivity (Wildman–Crippen MR) is 89.3 cm³/mol. The largest absolute Gasteiger partial charge is 0.349 e. The van der Waals surface area contributed by atoms with Gasteiger partial charge in [-0.3, -0.25) is 14.9 Å². The lowest BCUT2D eigenvalue weighted by Crippen LogP contribution is -2.28. The van der Waals surface area contributed by atoms with Gasteiger partial charge >= 0.3 is 0 Å². The highest BCUT2D eigenvalue weighted by Gasteiger charge is 2.17. The van der Waals surface area contributed by atoms with Crippen molar-refractivity contribution < 1.29 is 9.72 Å². The highest BCUT2D eigenvalue weighted by atomic mass is 16.6. The maximum Gasteiger partial charge on any atom is 0.273 e. The van der Waals surface area contributed by atoms with Gasteiger partial charge in [0.15, 0.2) is 0 Å². The van der Waals surface area contributed by atoms with Gasteiger partial charge in [-0.25, -0.2) is 0 Å². The Balaban J connectivity index is 2.07. The summed E-state index contributed by atoms with van der Waals surface area (Å²) in [5.41, 5.74) is 3.78. The lowest BCUT2D eigenvalue weighted by Gasteiger charge is -2.16. The van der Waals surface area contributed by atoms with Gasteiger partial charge in [0, 0.05) is 11.6 Å². The van der Waals surface area contributed by atoms with Gasteiger partial charge in [-0.1, -0.05) is 36.4 Å². The number of amides is 1. The summed E-state index contributed by atoms with van der Waals surface area (Å²) in [4.78, 5) is 22.7. The number of nitro benzene ring substituents is 1. The number of carbonyl (C=O) groups is 1. The number of benzene rings is 2. The third-order valence-electron chi connectivity index (χ3n) is 3.95. The van der Waals surface area contributed by atoms with E-state index in [1.807, 2.05) is 39.0 Å². The lowest BCUT2D eigenvalue weighted by atomic mass is 10.0. The summed E-state index contributed by atoms with van der Waals surface area (Å²) in [6, 6.07) is 12.2. The molecular weight excluding hydrogens is 292 g/mol. The van der Waals surface area contributed by atoms with E-state index in [-0.39, 0.29) is 24.1 Å². The third kappa shape index (κ3) is 4.16. The zero-order valence-corrected chi connectivity index (χ0v) is 13.5. The Kier molecular flexibility index (Phi) is 5.11. The number of para-hydroxylation sites is 1. The molecule has 5 heteroatoms. The molecule has 0 aliphatic rings. The molecule has 1 atom stereocenters. The summed E-state index contributed by atoms with van der Waals surface area (Å²) in [7, 11) is 0. The molecule has 1 amide bonds. The van der Waals surface area contributed by atoms with Crippen molar-refractivity contribution in [2.45, 2.75) is 33.2 Å². The predicted octanol–water partition coefficient (Wildman–Crippen LogP) is 3.63. The van der Waals surface area contributed by atoms with Crippen LogP contribution in [-0.4, -0.2) is 10.8 Å². The Morgan fingerprint density at radius 3 is 2.52 bits per heavy atom. The molecule has 2 rings (SSSR count). The Bertz CT molecular complexity index is 741. The highest BCUT2D eigenvalue weighted by Crippen LogP contribution is 2.20. The molecule has 0 bridgehead atoms. The van der Waals surface area contributed by atoms with E-state index < -0.39 is 4.92 Å². The number of carbonyl (C=O) groups excluding carboxylic acids is 1. The molecule has 0 aliphatic heterocycles. The van der Waals surface area contributed by atoms with Crippen LogP contribution in [0.2, 0.25) is 0 Å². The number of aryl methyl sites for hydroxylation is 2. The SMILES string of the molecule is Cc1ccc([C@@H](C)NC(=O)Cc2ccccc2[N+](=O)[O-])cc1C. The summed E-state index contributed by atoms with van der Waals surface area (Å²) in [5.74, 6) is -0.231. The van der Waals surface area contributed by atoms with Crippen molar-refractivity contribution in [3.8, 4) is 0 Å². The van der Waals surface area contributed by atoms with E-state index >= 15 is 0 Å². The molecule has 23 heavy (non-hydrogen) atoms. The van der Waals surface area contributed by atoms with Crippen molar-refractivity contribution in [3.05, 3.63) is 74.8 Å². The van der Waals surface area contributed by atoms with Crippen LogP contribution in [0.4, 0.5) is 5.69 Å². The summed E-state index contributed by atoms with van der Waals surface area (Å²) in [6.07, 6.45) is -0.00760. The van der Waals surface area contributed by atoms with Gasteiger partial charge in [0.1, 0.15) is 0 Å². The van der Waals surface area contributed by atoms with E-state index in [0.717, 1.165) is 5.56 Å². The van der Waals surface area contributed by atoms with Crippen LogP contribution < -0.4 is 5.32 Å². The fourth-order valence-electron chi connectivity index (χ4n) is 2.42. The minimum atomic E-state index is -0.463. The zero-order valence-electron chi connectivity index (χ0n) is 13.5. The van der Waals surface area contributed by atoms with Crippen LogP contribution in [0.25, 0.3) is 0 Å². The lowest BCUT2D eigenvalue weighted by molar-refractivity contribution is -0.385. The Hall–Kier alpha value is -2.69. The minimum Gasteiger partial charge on any atom is -0.349 e. The van der Waals surface area contributed by atoms with Crippen LogP contribution >= 0.6 is 0 Å². The van der Waals surface area contributed by atoms with Crippen molar-refractivity contribution in [1.82, 2.24) is 5.32 Å². The highest BCUT2D eigenvalue weighted by molar-refractivity contribution is 5.80. The number of hydrogen-bond acceptors (Lipinski definition) is 3. The van der Waals surface area contributed by atoms with Crippen LogP contribution in [0, 0.1) is 24.0 Å². The number of rotatable bonds is 5. The molecular formula is C18H20N2O3. The van der Waals surface area contributed by atoms with E-state index in [4.69, 9.17) is 0 Å². The first-order valence-electron chi connectivity index (χ1n) is 7.47. The zero-order chi connectivity index (χ0) is 17.0. The second kappa shape index (κ2) is 7.05. The number of hydrogen-bond donors (Lipinski definition) is 1. The summed E-state index contributed by atoms with van der Waals surface area (Å²) >= 11 is 0. The smallest absolute Gasteiger partial charge is 0.273 e. The van der Waals surface area contributed by atoms with Crippen molar-refractivity contribution in [2.24, 2.45) is 0 Å². The first-order valence-corrected chi connectivity index (χ1v) is 7.47. The van der Waals surface area contributed by atoms with Crippen LogP contribution in [0.15, 0.2) is 42.5 Å². The molecule has 0 saturated heterocycles. The first kappa shape index (κ1) is 16.7. The molecule has 2 aromatic rings. The molecule has 2 aromatic carbocycles. The second-order valence-corrected chi connectivity index (χ2v) is 5.70. The molecule has 0 aliphatic carbocycles. The van der Waals surface area contributed by atoms with E-state index in [1.165, 1.54) is 17.2 Å². The Labute approximate surface area is 135 Å². The maximum atomic E-state index is 12.2. The molecule has 120 valence electrons. The van der Waals surface area contributed by atoms with Crippen LogP contribution in [0.3, 0.4) is 0 Å². The Morgan fingerprint density at radius 1 is 1.17 bits per heavy atom. The summed E-state index contributed by atoms with van der Waals surface area (Å²) in [6.45, 7) is 5.97. The van der Waals surface area contributed by atoms with Crippen LogP contribution in [0.5, 0.6) is 0 Å². The van der Waals surface area contributed by atoms with Crippen molar-refractivity contribution in [1.29, 1.82) is 0 Å². The molecule has 0 aromatic heterocycles. The molecule has 5 nitrogen and oxygen atoms in total. The third-order valence-corrected chi connectivity index (χ3v) is 3.95. The summed E-state index contributed by atoms with van der Waals surface area (Å²) < 4.78 is 0. The molecule has 0 fully saturated rings. The molecule has 0 radical (unpaired) electrons. The Morgan fingerprint density at radius 2 is 1.87 bits per heavy atom. The van der Waals surface area contributed by atoms with Crippen LogP contribution in [-0.2, 0) is 11.2 Å². The molecule has 0 spiro atoms. The van der Waals surface area contributed by atoms with Gasteiger partial charge in [-0.05, 0) is 37.5 Å². The number of nitro groups is 1.